The van der Waals surface area contributed by atoms with Crippen LogP contribution in [0.4, 0.5) is 0 Å². The molecule has 3 nitrogen and oxygen atoms in total. The van der Waals surface area contributed by atoms with Gasteiger partial charge in [0.2, 0.25) is 6.79 Å². The fourth-order valence-electron chi connectivity index (χ4n) is 7.94. The van der Waals surface area contributed by atoms with Crippen molar-refractivity contribution in [1.82, 2.24) is 0 Å². The van der Waals surface area contributed by atoms with E-state index in [1.54, 1.807) is 0 Å². The van der Waals surface area contributed by atoms with Crippen LogP contribution in [0.25, 0.3) is 0 Å². The van der Waals surface area contributed by atoms with Crippen LogP contribution in [0.3, 0.4) is 0 Å². The van der Waals surface area contributed by atoms with Crippen LogP contribution in [0.15, 0.2) is 78.9 Å². The molecule has 3 aliphatic carbocycles. The topological polar surface area (TPSA) is 35.5 Å². The standard InChI is InChI=1S/C32H36O3Si/c1-30(2,3)36(25-11-7-5-8-12-25,26-13-9-6-10-14-26)21-31(4)18-23-19-32(31,20-23)29(33)24-15-16-27-28(17-24)35-22-34-27/h5-17,23H,18-22H2,1-4H3/t23?,31-,32?/m0/s1. The van der Waals surface area contributed by atoms with E-state index in [0.717, 1.165) is 36.6 Å². The lowest BCUT2D eigenvalue weighted by molar-refractivity contribution is 0.0387. The van der Waals surface area contributed by atoms with Gasteiger partial charge in [0, 0.05) is 11.0 Å². The minimum absolute atomic E-state index is 0.0592. The average Bonchev–Trinajstić information content (AvgIpc) is 3.51. The zero-order valence-electron chi connectivity index (χ0n) is 21.8. The first kappa shape index (κ1) is 23.5. The van der Waals surface area contributed by atoms with Gasteiger partial charge >= 0.3 is 0 Å². The molecule has 2 bridgehead atoms. The van der Waals surface area contributed by atoms with Crippen molar-refractivity contribution in [2.45, 2.75) is 58.0 Å². The summed E-state index contributed by atoms with van der Waals surface area (Å²) in [7, 11) is -2.31. The number of benzene rings is 3. The first-order valence-corrected chi connectivity index (χ1v) is 15.4. The van der Waals surface area contributed by atoms with Gasteiger partial charge in [-0.3, -0.25) is 4.79 Å². The van der Waals surface area contributed by atoms with Gasteiger partial charge < -0.3 is 9.47 Å². The molecule has 0 saturated heterocycles. The van der Waals surface area contributed by atoms with Crippen LogP contribution < -0.4 is 19.8 Å². The molecule has 0 radical (unpaired) electrons. The van der Waals surface area contributed by atoms with Crippen molar-refractivity contribution in [3.63, 3.8) is 0 Å². The van der Waals surface area contributed by atoms with Crippen LogP contribution in [-0.4, -0.2) is 20.7 Å². The third kappa shape index (κ3) is 3.26. The molecule has 36 heavy (non-hydrogen) atoms. The first-order valence-electron chi connectivity index (χ1n) is 13.2. The highest BCUT2D eigenvalue weighted by atomic mass is 28.3. The molecule has 186 valence electrons. The molecule has 0 amide bonds. The minimum atomic E-state index is -2.31. The zero-order valence-corrected chi connectivity index (χ0v) is 22.8. The number of fused-ring (bicyclic) bond motifs is 2. The number of hydrogen-bond acceptors (Lipinski definition) is 3. The number of carbonyl (C=O) groups is 1. The number of ether oxygens (including phenoxy) is 2. The van der Waals surface area contributed by atoms with Gasteiger partial charge in [-0.2, -0.15) is 0 Å². The number of hydrogen-bond donors (Lipinski definition) is 0. The maximum atomic E-state index is 14.3. The lowest BCUT2D eigenvalue weighted by Crippen LogP contribution is -2.67. The maximum absolute atomic E-state index is 14.3. The van der Waals surface area contributed by atoms with Gasteiger partial charge in [0.1, 0.15) is 8.07 Å². The normalized spacial score (nSPS) is 26.5. The zero-order chi connectivity index (χ0) is 25.2. The fraction of sp³-hybridized carbons (Fsp3) is 0.406. The Hall–Kier alpha value is -2.85. The smallest absolute Gasteiger partial charge is 0.231 e. The van der Waals surface area contributed by atoms with Gasteiger partial charge in [0.25, 0.3) is 0 Å². The van der Waals surface area contributed by atoms with E-state index in [1.807, 2.05) is 18.2 Å². The molecular weight excluding hydrogens is 460 g/mol. The Balaban J connectivity index is 1.47. The summed E-state index contributed by atoms with van der Waals surface area (Å²) in [5.41, 5.74) is 0.405. The van der Waals surface area contributed by atoms with Crippen LogP contribution in [0, 0.1) is 16.7 Å². The predicted octanol–water partition coefficient (Wildman–Crippen LogP) is 6.47. The largest absolute Gasteiger partial charge is 0.454 e. The Labute approximate surface area is 215 Å². The summed E-state index contributed by atoms with van der Waals surface area (Å²) >= 11 is 0. The van der Waals surface area contributed by atoms with Crippen LogP contribution in [0.1, 0.15) is 57.3 Å². The third-order valence-corrected chi connectivity index (χ3v) is 16.2. The van der Waals surface area contributed by atoms with Crippen LogP contribution in [-0.2, 0) is 0 Å². The van der Waals surface area contributed by atoms with Gasteiger partial charge in [-0.15, -0.1) is 0 Å². The highest BCUT2D eigenvalue weighted by Crippen LogP contribution is 2.72. The summed E-state index contributed by atoms with van der Waals surface area (Å²) < 4.78 is 11.1. The first-order chi connectivity index (χ1) is 17.2. The van der Waals surface area contributed by atoms with E-state index in [4.69, 9.17) is 9.47 Å². The molecule has 1 heterocycles. The highest BCUT2D eigenvalue weighted by Gasteiger charge is 2.69. The molecule has 0 spiro atoms. The molecule has 4 heteroatoms. The van der Waals surface area contributed by atoms with E-state index < -0.39 is 8.07 Å². The Kier molecular flexibility index (Phi) is 5.28. The molecule has 0 unspecified atom stereocenters. The highest BCUT2D eigenvalue weighted by molar-refractivity contribution is 7.04. The summed E-state index contributed by atoms with van der Waals surface area (Å²) in [5, 5.41) is 3.02. The molecule has 7 rings (SSSR count). The minimum Gasteiger partial charge on any atom is -0.454 e. The molecule has 3 aromatic carbocycles. The van der Waals surface area contributed by atoms with E-state index in [9.17, 15) is 4.79 Å². The summed E-state index contributed by atoms with van der Waals surface area (Å²) in [6.07, 6.45) is 3.15. The van der Waals surface area contributed by atoms with Crippen molar-refractivity contribution < 1.29 is 14.3 Å². The quantitative estimate of drug-likeness (QED) is 0.290. The van der Waals surface area contributed by atoms with E-state index in [0.29, 0.717) is 17.5 Å². The number of ketones is 1. The SMILES string of the molecule is CC(C)(C)[Si](C[C@]1(C)CC2CC1(C(=O)c1ccc3c(c1)OCO3)C2)(c1ccccc1)c1ccccc1. The molecular formula is C32H36O3Si. The summed E-state index contributed by atoms with van der Waals surface area (Å²) in [4.78, 5) is 14.3. The lowest BCUT2D eigenvalue weighted by Gasteiger charge is -2.53. The van der Waals surface area contributed by atoms with E-state index in [-0.39, 0.29) is 22.7 Å². The Bertz CT molecular complexity index is 1250. The Morgan fingerprint density at radius 2 is 1.44 bits per heavy atom. The van der Waals surface area contributed by atoms with Crippen molar-refractivity contribution in [2.24, 2.45) is 16.7 Å². The lowest BCUT2D eigenvalue weighted by atomic mass is 9.58. The van der Waals surface area contributed by atoms with Crippen LogP contribution in [0.5, 0.6) is 11.5 Å². The number of carbonyl (C=O) groups excluding carboxylic acids is 1. The molecule has 1 atom stereocenters. The second kappa shape index (κ2) is 8.07. The van der Waals surface area contributed by atoms with Gasteiger partial charge in [-0.05, 0) is 59.9 Å². The van der Waals surface area contributed by atoms with Crippen molar-refractivity contribution in [3.8, 4) is 11.5 Å². The van der Waals surface area contributed by atoms with Crippen molar-refractivity contribution in [3.05, 3.63) is 84.4 Å². The maximum Gasteiger partial charge on any atom is 0.231 e. The molecule has 4 aliphatic rings. The predicted molar refractivity (Wildman–Crippen MR) is 147 cm³/mol. The molecule has 0 aromatic heterocycles. The Morgan fingerprint density at radius 1 is 0.861 bits per heavy atom. The summed E-state index contributed by atoms with van der Waals surface area (Å²) in [5.74, 6) is 2.37. The van der Waals surface area contributed by atoms with Gasteiger partial charge in [-0.1, -0.05) is 98.7 Å². The van der Waals surface area contributed by atoms with E-state index in [1.165, 1.54) is 10.4 Å². The Morgan fingerprint density at radius 3 is 2.03 bits per heavy atom. The number of Topliss-reactive ketones (excluding diaryl/α,β-unsaturated/α-hetero) is 1. The third-order valence-electron chi connectivity index (χ3n) is 9.71. The molecule has 1 aliphatic heterocycles. The van der Waals surface area contributed by atoms with Gasteiger partial charge in [-0.25, -0.2) is 0 Å². The summed E-state index contributed by atoms with van der Waals surface area (Å²) in [6.45, 7) is 9.94. The second-order valence-corrected chi connectivity index (χ2v) is 17.4. The fourth-order valence-corrected chi connectivity index (χ4v) is 14.1. The molecule has 0 N–H and O–H groups in total. The van der Waals surface area contributed by atoms with Crippen molar-refractivity contribution in [1.29, 1.82) is 0 Å². The number of rotatable bonds is 6. The van der Waals surface area contributed by atoms with E-state index in [2.05, 4.69) is 88.4 Å². The molecule has 3 fully saturated rings. The van der Waals surface area contributed by atoms with Crippen LogP contribution >= 0.6 is 0 Å². The van der Waals surface area contributed by atoms with Gasteiger partial charge in [0.05, 0.1) is 0 Å². The molecule has 3 aromatic rings. The van der Waals surface area contributed by atoms with Crippen molar-refractivity contribution in [2.75, 3.05) is 6.79 Å². The second-order valence-electron chi connectivity index (χ2n) is 12.6. The summed E-state index contributed by atoms with van der Waals surface area (Å²) in [6, 6.07) is 29.2. The van der Waals surface area contributed by atoms with Crippen molar-refractivity contribution >= 4 is 24.2 Å². The monoisotopic (exact) mass is 496 g/mol. The molecule has 3 saturated carbocycles. The average molecular weight is 497 g/mol. The van der Waals surface area contributed by atoms with Crippen LogP contribution in [0.2, 0.25) is 11.1 Å². The van der Waals surface area contributed by atoms with Gasteiger partial charge in [0.15, 0.2) is 17.3 Å². The van der Waals surface area contributed by atoms with E-state index >= 15 is 0 Å².